The molecule has 0 saturated heterocycles. The van der Waals surface area contributed by atoms with Crippen molar-refractivity contribution >= 4 is 22.9 Å². The predicted molar refractivity (Wildman–Crippen MR) is 62.0 cm³/mol. The second kappa shape index (κ2) is 4.78. The van der Waals surface area contributed by atoms with Crippen molar-refractivity contribution in [1.82, 2.24) is 10.2 Å². The number of ether oxygens (including phenoxy) is 1. The highest BCUT2D eigenvalue weighted by atomic mass is 35.5. The molecule has 84 valence electrons. The summed E-state index contributed by atoms with van der Waals surface area (Å²) in [6, 6.07) is 6.83. The average Bonchev–Trinajstić information content (AvgIpc) is 2.75. The van der Waals surface area contributed by atoms with Gasteiger partial charge in [-0.1, -0.05) is 11.6 Å². The Labute approximate surface area is 101 Å². The molecule has 2 heterocycles. The van der Waals surface area contributed by atoms with Gasteiger partial charge in [0.2, 0.25) is 5.88 Å². The van der Waals surface area contributed by atoms with Crippen molar-refractivity contribution in [3.8, 4) is 5.88 Å². The summed E-state index contributed by atoms with van der Waals surface area (Å²) in [5.41, 5.74) is 0.472. The van der Waals surface area contributed by atoms with Crippen LogP contribution >= 0.6 is 22.9 Å². The van der Waals surface area contributed by atoms with Crippen LogP contribution in [-0.4, -0.2) is 22.4 Å². The van der Waals surface area contributed by atoms with E-state index in [9.17, 15) is 5.11 Å². The molecular weight excluding hydrogens is 248 g/mol. The van der Waals surface area contributed by atoms with E-state index in [0.29, 0.717) is 15.9 Å². The smallest absolute Gasteiger partial charge is 0.233 e. The Morgan fingerprint density at radius 3 is 2.62 bits per heavy atom. The summed E-state index contributed by atoms with van der Waals surface area (Å²) in [6.45, 7) is 0. The van der Waals surface area contributed by atoms with E-state index < -0.39 is 6.10 Å². The number of hydrogen-bond donors (Lipinski definition) is 1. The monoisotopic (exact) mass is 256 g/mol. The van der Waals surface area contributed by atoms with E-state index in [2.05, 4.69) is 10.2 Å². The third kappa shape index (κ3) is 2.32. The van der Waals surface area contributed by atoms with Gasteiger partial charge in [-0.25, -0.2) is 0 Å². The summed E-state index contributed by atoms with van der Waals surface area (Å²) in [5.74, 6) is 0.417. The molecule has 1 N–H and O–H groups in total. The first kappa shape index (κ1) is 11.3. The van der Waals surface area contributed by atoms with Crippen LogP contribution in [0.5, 0.6) is 5.88 Å². The van der Waals surface area contributed by atoms with E-state index in [1.807, 2.05) is 0 Å². The van der Waals surface area contributed by atoms with Gasteiger partial charge >= 0.3 is 0 Å². The van der Waals surface area contributed by atoms with Crippen LogP contribution < -0.4 is 4.74 Å². The highest BCUT2D eigenvalue weighted by Gasteiger charge is 2.14. The van der Waals surface area contributed by atoms with Gasteiger partial charge < -0.3 is 9.84 Å². The van der Waals surface area contributed by atoms with E-state index in [1.165, 1.54) is 18.4 Å². The van der Waals surface area contributed by atoms with Crippen LogP contribution in [0.15, 0.2) is 24.3 Å². The first-order chi connectivity index (χ1) is 7.70. The Kier molecular flexibility index (Phi) is 3.38. The molecule has 2 aromatic heterocycles. The van der Waals surface area contributed by atoms with Crippen LogP contribution in [-0.2, 0) is 0 Å². The number of hydrogen-bond acceptors (Lipinski definition) is 5. The molecule has 0 bridgehead atoms. The zero-order valence-electron chi connectivity index (χ0n) is 8.42. The van der Waals surface area contributed by atoms with Gasteiger partial charge in [-0.2, -0.15) is 0 Å². The SMILES string of the molecule is COc1ccc(C(O)c2ccc(Cl)s2)nn1. The van der Waals surface area contributed by atoms with Gasteiger partial charge in [0, 0.05) is 10.9 Å². The number of aromatic nitrogens is 2. The highest BCUT2D eigenvalue weighted by molar-refractivity contribution is 7.16. The van der Waals surface area contributed by atoms with Gasteiger partial charge in [-0.3, -0.25) is 0 Å². The Morgan fingerprint density at radius 1 is 1.31 bits per heavy atom. The minimum Gasteiger partial charge on any atom is -0.480 e. The number of aliphatic hydroxyl groups excluding tert-OH is 1. The summed E-state index contributed by atoms with van der Waals surface area (Å²) in [6.07, 6.45) is -0.795. The van der Waals surface area contributed by atoms with Gasteiger partial charge in [-0.05, 0) is 18.2 Å². The molecule has 0 radical (unpaired) electrons. The van der Waals surface area contributed by atoms with Gasteiger partial charge in [0.1, 0.15) is 6.10 Å². The van der Waals surface area contributed by atoms with Gasteiger partial charge in [0.05, 0.1) is 17.1 Å². The first-order valence-electron chi connectivity index (χ1n) is 4.51. The summed E-state index contributed by atoms with van der Waals surface area (Å²) in [7, 11) is 1.51. The van der Waals surface area contributed by atoms with Crippen LogP contribution in [0, 0.1) is 0 Å². The van der Waals surface area contributed by atoms with Gasteiger partial charge in [-0.15, -0.1) is 21.5 Å². The zero-order valence-corrected chi connectivity index (χ0v) is 10.00. The van der Waals surface area contributed by atoms with E-state index in [1.54, 1.807) is 24.3 Å². The van der Waals surface area contributed by atoms with Crippen molar-refractivity contribution in [1.29, 1.82) is 0 Å². The van der Waals surface area contributed by atoms with Crippen molar-refractivity contribution in [2.45, 2.75) is 6.10 Å². The first-order valence-corrected chi connectivity index (χ1v) is 5.71. The maximum absolute atomic E-state index is 9.98. The topological polar surface area (TPSA) is 55.2 Å². The maximum Gasteiger partial charge on any atom is 0.233 e. The molecule has 1 unspecified atom stereocenters. The summed E-state index contributed by atoms with van der Waals surface area (Å²) in [5, 5.41) is 17.6. The molecule has 0 aliphatic carbocycles. The highest BCUT2D eigenvalue weighted by Crippen LogP contribution is 2.30. The number of nitrogens with zero attached hydrogens (tertiary/aromatic N) is 2. The summed E-state index contributed by atoms with van der Waals surface area (Å²) in [4.78, 5) is 0.740. The van der Waals surface area contributed by atoms with Crippen LogP contribution in [0.3, 0.4) is 0 Å². The Balaban J connectivity index is 2.23. The van der Waals surface area contributed by atoms with E-state index >= 15 is 0 Å². The number of halogens is 1. The molecule has 2 rings (SSSR count). The second-order valence-corrected chi connectivity index (χ2v) is 4.79. The molecule has 1 atom stereocenters. The molecule has 0 saturated carbocycles. The second-order valence-electron chi connectivity index (χ2n) is 3.04. The predicted octanol–water partition coefficient (Wildman–Crippen LogP) is 2.28. The summed E-state index contributed by atoms with van der Waals surface area (Å²) < 4.78 is 5.52. The quantitative estimate of drug-likeness (QED) is 0.915. The minimum atomic E-state index is -0.795. The minimum absolute atomic E-state index is 0.417. The lowest BCUT2D eigenvalue weighted by Gasteiger charge is -2.06. The van der Waals surface area contributed by atoms with Crippen LogP contribution in [0.1, 0.15) is 16.7 Å². The molecule has 0 amide bonds. The molecule has 16 heavy (non-hydrogen) atoms. The maximum atomic E-state index is 9.98. The Morgan fingerprint density at radius 2 is 2.12 bits per heavy atom. The van der Waals surface area contributed by atoms with Crippen LogP contribution in [0.4, 0.5) is 0 Å². The molecule has 6 heteroatoms. The molecule has 0 spiro atoms. The van der Waals surface area contributed by atoms with E-state index in [0.717, 1.165) is 4.88 Å². The van der Waals surface area contributed by atoms with Crippen LogP contribution in [0.2, 0.25) is 4.34 Å². The Hall–Kier alpha value is -1.17. The molecule has 0 fully saturated rings. The van der Waals surface area contributed by atoms with Gasteiger partial charge in [0.25, 0.3) is 0 Å². The molecule has 0 aliphatic heterocycles. The number of thiophene rings is 1. The standard InChI is InChI=1S/C10H9ClN2O2S/c1-15-9-5-2-6(12-13-9)10(14)7-3-4-8(11)16-7/h2-5,10,14H,1H3. The van der Waals surface area contributed by atoms with Crippen molar-refractivity contribution in [3.05, 3.63) is 39.2 Å². The number of methoxy groups -OCH3 is 1. The fourth-order valence-corrected chi connectivity index (χ4v) is 2.27. The zero-order chi connectivity index (χ0) is 11.5. The lowest BCUT2D eigenvalue weighted by molar-refractivity contribution is 0.217. The fourth-order valence-electron chi connectivity index (χ4n) is 1.21. The number of aliphatic hydroxyl groups is 1. The number of rotatable bonds is 3. The van der Waals surface area contributed by atoms with Crippen LogP contribution in [0.25, 0.3) is 0 Å². The van der Waals surface area contributed by atoms with E-state index in [-0.39, 0.29) is 0 Å². The summed E-state index contributed by atoms with van der Waals surface area (Å²) >= 11 is 7.11. The fraction of sp³-hybridized carbons (Fsp3) is 0.200. The third-order valence-corrected chi connectivity index (χ3v) is 3.30. The normalized spacial score (nSPS) is 12.4. The molecule has 0 aromatic carbocycles. The molecule has 2 aromatic rings. The Bertz CT molecular complexity index is 472. The molecular formula is C10H9ClN2O2S. The van der Waals surface area contributed by atoms with Crippen molar-refractivity contribution in [2.75, 3.05) is 7.11 Å². The van der Waals surface area contributed by atoms with Crippen molar-refractivity contribution < 1.29 is 9.84 Å². The largest absolute Gasteiger partial charge is 0.480 e. The average molecular weight is 257 g/mol. The van der Waals surface area contributed by atoms with Crippen molar-refractivity contribution in [2.24, 2.45) is 0 Å². The third-order valence-electron chi connectivity index (χ3n) is 2.01. The molecule has 0 aliphatic rings. The van der Waals surface area contributed by atoms with Gasteiger partial charge in [0.15, 0.2) is 0 Å². The lowest BCUT2D eigenvalue weighted by Crippen LogP contribution is -2.02. The van der Waals surface area contributed by atoms with E-state index in [4.69, 9.17) is 16.3 Å². The molecule has 4 nitrogen and oxygen atoms in total. The lowest BCUT2D eigenvalue weighted by atomic mass is 10.2. The van der Waals surface area contributed by atoms with Crippen molar-refractivity contribution in [3.63, 3.8) is 0 Å².